The number of thioether (sulfide) groups is 1. The number of ether oxygens (including phenoxy) is 4. The van der Waals surface area contributed by atoms with Gasteiger partial charge < -0.3 is 34.9 Å². The fourth-order valence-corrected chi connectivity index (χ4v) is 5.81. The Morgan fingerprint density at radius 3 is 2.62 bits per heavy atom. The van der Waals surface area contributed by atoms with Gasteiger partial charge in [0.05, 0.1) is 12.7 Å². The number of carbonyl (C=O) groups excluding carboxylic acids is 1. The minimum Gasteiger partial charge on any atom is -0.491 e. The lowest BCUT2D eigenvalue weighted by Crippen LogP contribution is -2.31. The van der Waals surface area contributed by atoms with E-state index in [0.717, 1.165) is 0 Å². The van der Waals surface area contributed by atoms with Gasteiger partial charge in [-0.3, -0.25) is 9.36 Å². The molecule has 2 saturated heterocycles. The van der Waals surface area contributed by atoms with Gasteiger partial charge in [0.25, 0.3) is 0 Å². The zero-order valence-corrected chi connectivity index (χ0v) is 23.7. The first-order valence-electron chi connectivity index (χ1n) is 13.2. The average Bonchev–Trinajstić information content (AvgIpc) is 3.54. The van der Waals surface area contributed by atoms with Crippen LogP contribution >= 0.6 is 11.8 Å². The lowest BCUT2D eigenvalue weighted by atomic mass is 10.0. The van der Waals surface area contributed by atoms with E-state index >= 15 is 0 Å². The molecule has 0 amide bonds. The monoisotopic (exact) mass is 573 g/mol. The predicted octanol–water partition coefficient (Wildman–Crippen LogP) is 2.58. The zero-order chi connectivity index (χ0) is 28.6. The van der Waals surface area contributed by atoms with Crippen LogP contribution in [0, 0.1) is 5.92 Å². The molecular formula is C27H35N5O7S. The number of nitrogen functional groups attached to an aromatic ring is 1. The highest BCUT2D eigenvalue weighted by Gasteiger charge is 2.56. The number of rotatable bonds is 11. The van der Waals surface area contributed by atoms with Crippen molar-refractivity contribution in [2.24, 2.45) is 5.92 Å². The number of nitrogens with two attached hydrogens (primary N) is 1. The van der Waals surface area contributed by atoms with E-state index in [1.165, 1.54) is 18.1 Å². The second kappa shape index (κ2) is 11.6. The van der Waals surface area contributed by atoms with Crippen molar-refractivity contribution in [1.82, 2.24) is 19.5 Å². The molecule has 216 valence electrons. The second-order valence-corrected chi connectivity index (χ2v) is 11.8. The Hall–Kier alpha value is -2.81. The molecule has 13 heteroatoms. The number of hydrogen-bond acceptors (Lipinski definition) is 12. The van der Waals surface area contributed by atoms with E-state index in [4.69, 9.17) is 24.7 Å². The molecule has 4 N–H and O–H groups in total. The van der Waals surface area contributed by atoms with Crippen molar-refractivity contribution >= 4 is 34.5 Å². The van der Waals surface area contributed by atoms with Crippen LogP contribution in [0.15, 0.2) is 35.7 Å². The SMILES string of the molecule is CC(C)CC(=O)c1ccc(OC[C@@H](O)CSc2nc3c(N)ncnc3n2[C@@H]2O[C@H](CO)[C@H]3OC(C)(C)O[C@H]32)cc1. The highest BCUT2D eigenvalue weighted by atomic mass is 32.2. The first-order valence-corrected chi connectivity index (χ1v) is 14.2. The molecule has 0 spiro atoms. The minimum atomic E-state index is -0.851. The first kappa shape index (κ1) is 28.7. The van der Waals surface area contributed by atoms with Gasteiger partial charge in [-0.15, -0.1) is 0 Å². The number of fused-ring (bicyclic) bond motifs is 2. The van der Waals surface area contributed by atoms with E-state index in [2.05, 4.69) is 15.0 Å². The number of aliphatic hydroxyl groups excluding tert-OH is 2. The van der Waals surface area contributed by atoms with Crippen molar-refractivity contribution in [2.45, 2.75) is 75.7 Å². The molecule has 2 aromatic heterocycles. The molecule has 0 bridgehead atoms. The van der Waals surface area contributed by atoms with Gasteiger partial charge in [0.15, 0.2) is 39.9 Å². The zero-order valence-electron chi connectivity index (χ0n) is 22.9. The predicted molar refractivity (Wildman–Crippen MR) is 147 cm³/mol. The quantitative estimate of drug-likeness (QED) is 0.227. The van der Waals surface area contributed by atoms with Crippen LogP contribution in [-0.2, 0) is 14.2 Å². The lowest BCUT2D eigenvalue weighted by molar-refractivity contribution is -0.200. The fraction of sp³-hybridized carbons (Fsp3) is 0.556. The van der Waals surface area contributed by atoms with Gasteiger partial charge >= 0.3 is 0 Å². The van der Waals surface area contributed by atoms with Crippen LogP contribution in [0.3, 0.4) is 0 Å². The number of ketones is 1. The molecule has 2 aliphatic rings. The van der Waals surface area contributed by atoms with Crippen molar-refractivity contribution in [3.05, 3.63) is 36.2 Å². The molecule has 0 saturated carbocycles. The number of benzene rings is 1. The second-order valence-electron chi connectivity index (χ2n) is 10.8. The Labute approximate surface area is 236 Å². The van der Waals surface area contributed by atoms with Gasteiger partial charge in [-0.1, -0.05) is 25.6 Å². The largest absolute Gasteiger partial charge is 0.491 e. The van der Waals surface area contributed by atoms with Crippen molar-refractivity contribution in [2.75, 3.05) is 24.7 Å². The normalized spacial score (nSPS) is 24.5. The maximum Gasteiger partial charge on any atom is 0.172 e. The summed E-state index contributed by atoms with van der Waals surface area (Å²) in [5, 5.41) is 21.1. The summed E-state index contributed by atoms with van der Waals surface area (Å²) in [5.74, 6) is 0.539. The maximum absolute atomic E-state index is 12.2. The number of imidazole rings is 1. The summed E-state index contributed by atoms with van der Waals surface area (Å²) < 4.78 is 25.8. The van der Waals surface area contributed by atoms with E-state index in [1.807, 2.05) is 27.7 Å². The molecule has 0 unspecified atom stereocenters. The van der Waals surface area contributed by atoms with E-state index in [9.17, 15) is 15.0 Å². The summed E-state index contributed by atoms with van der Waals surface area (Å²) in [6.07, 6.45) is -1.30. The van der Waals surface area contributed by atoms with Crippen molar-refractivity contribution in [1.29, 1.82) is 0 Å². The summed E-state index contributed by atoms with van der Waals surface area (Å²) in [6, 6.07) is 6.93. The highest BCUT2D eigenvalue weighted by Crippen LogP contribution is 2.45. The molecule has 40 heavy (non-hydrogen) atoms. The summed E-state index contributed by atoms with van der Waals surface area (Å²) in [5.41, 5.74) is 7.58. The third-order valence-electron chi connectivity index (χ3n) is 6.65. The van der Waals surface area contributed by atoms with Crippen LogP contribution in [0.25, 0.3) is 11.2 Å². The van der Waals surface area contributed by atoms with Crippen molar-refractivity contribution in [3.8, 4) is 5.75 Å². The van der Waals surface area contributed by atoms with E-state index in [-0.39, 0.29) is 36.5 Å². The third kappa shape index (κ3) is 5.94. The van der Waals surface area contributed by atoms with Gasteiger partial charge in [-0.25, -0.2) is 15.0 Å². The van der Waals surface area contributed by atoms with Crippen LogP contribution in [0.2, 0.25) is 0 Å². The summed E-state index contributed by atoms with van der Waals surface area (Å²) >= 11 is 1.28. The first-order chi connectivity index (χ1) is 19.1. The summed E-state index contributed by atoms with van der Waals surface area (Å²) in [7, 11) is 0. The van der Waals surface area contributed by atoms with Gasteiger partial charge in [0.1, 0.15) is 37.0 Å². The minimum absolute atomic E-state index is 0.0385. The molecular weight excluding hydrogens is 538 g/mol. The van der Waals surface area contributed by atoms with Crippen LogP contribution in [0.4, 0.5) is 5.82 Å². The highest BCUT2D eigenvalue weighted by molar-refractivity contribution is 7.99. The van der Waals surface area contributed by atoms with Crippen LogP contribution in [-0.4, -0.2) is 84.7 Å². The van der Waals surface area contributed by atoms with Gasteiger partial charge in [0, 0.05) is 17.7 Å². The topological polar surface area (TPSA) is 164 Å². The molecule has 3 aromatic rings. The molecule has 5 rings (SSSR count). The van der Waals surface area contributed by atoms with Gasteiger partial charge in [-0.2, -0.15) is 0 Å². The smallest absolute Gasteiger partial charge is 0.172 e. The molecule has 2 aliphatic heterocycles. The Bertz CT molecular complexity index is 1350. The van der Waals surface area contributed by atoms with Crippen LogP contribution in [0.5, 0.6) is 5.75 Å². The Kier molecular flexibility index (Phi) is 8.32. The van der Waals surface area contributed by atoms with Crippen LogP contribution < -0.4 is 10.5 Å². The van der Waals surface area contributed by atoms with Gasteiger partial charge in [-0.05, 0) is 44.0 Å². The number of anilines is 1. The number of aliphatic hydroxyl groups is 2. The standard InChI is InChI=1S/C27H35N5O7S/c1-14(2)9-18(35)15-5-7-17(8-6-15)36-11-16(34)12-40-26-31-20-23(28)29-13-30-24(20)32(26)25-22-21(19(10-33)37-25)38-27(3,4)39-22/h5-8,13-14,16,19,21-22,25,33-34H,9-12H2,1-4H3,(H2,28,29,30)/t16-,19-,21-,22-,25-/m1/s1. The number of nitrogens with zero attached hydrogens (tertiary/aromatic N) is 4. The number of Topliss-reactive ketones (excluding diaryl/α,β-unsaturated/α-hetero) is 1. The Morgan fingerprint density at radius 2 is 1.93 bits per heavy atom. The van der Waals surface area contributed by atoms with E-state index in [1.54, 1.807) is 28.8 Å². The molecule has 2 fully saturated rings. The average molecular weight is 574 g/mol. The fourth-order valence-electron chi connectivity index (χ4n) is 4.89. The van der Waals surface area contributed by atoms with Gasteiger partial charge in [0.2, 0.25) is 0 Å². The number of carbonyl (C=O) groups is 1. The third-order valence-corrected chi connectivity index (χ3v) is 7.75. The summed E-state index contributed by atoms with van der Waals surface area (Å²) in [6.45, 7) is 7.43. The molecule has 5 atom stereocenters. The maximum atomic E-state index is 12.2. The molecule has 12 nitrogen and oxygen atoms in total. The molecule has 0 radical (unpaired) electrons. The molecule has 4 heterocycles. The molecule has 1 aromatic carbocycles. The van der Waals surface area contributed by atoms with E-state index in [0.29, 0.717) is 34.1 Å². The van der Waals surface area contributed by atoms with Crippen molar-refractivity contribution < 1.29 is 34.0 Å². The van der Waals surface area contributed by atoms with Crippen LogP contribution in [0.1, 0.15) is 50.7 Å². The lowest BCUT2D eigenvalue weighted by Gasteiger charge is -2.25. The summed E-state index contributed by atoms with van der Waals surface area (Å²) in [4.78, 5) is 25.3. The number of hydrogen-bond donors (Lipinski definition) is 3. The molecule has 0 aliphatic carbocycles. The Balaban J connectivity index is 1.29. The van der Waals surface area contributed by atoms with E-state index < -0.39 is 36.4 Å². The Morgan fingerprint density at radius 1 is 1.20 bits per heavy atom. The number of aromatic nitrogens is 4. The van der Waals surface area contributed by atoms with Crippen molar-refractivity contribution in [3.63, 3.8) is 0 Å².